The number of rotatable bonds is 4. The minimum absolute atomic E-state index is 0. The van der Waals surface area contributed by atoms with E-state index in [4.69, 9.17) is 4.42 Å². The molecule has 27 heavy (non-hydrogen) atoms. The van der Waals surface area contributed by atoms with Crippen LogP contribution in [0, 0.1) is 6.92 Å². The molecule has 1 aliphatic rings. The Morgan fingerprint density at radius 2 is 1.78 bits per heavy atom. The van der Waals surface area contributed by atoms with Crippen LogP contribution in [0.3, 0.4) is 0 Å². The van der Waals surface area contributed by atoms with Gasteiger partial charge in [-0.1, -0.05) is 29.8 Å². The number of guanidine groups is 1. The van der Waals surface area contributed by atoms with Crippen molar-refractivity contribution in [3.63, 3.8) is 0 Å². The topological polar surface area (TPSA) is 61.1 Å². The lowest BCUT2D eigenvalue weighted by Crippen LogP contribution is -2.53. The summed E-state index contributed by atoms with van der Waals surface area (Å²) in [5.74, 6) is 1.25. The minimum Gasteiger partial charge on any atom is -0.459 e. The minimum atomic E-state index is -0.0445. The fourth-order valence-corrected chi connectivity index (χ4v) is 3.08. The van der Waals surface area contributed by atoms with Crippen molar-refractivity contribution in [1.29, 1.82) is 0 Å². The van der Waals surface area contributed by atoms with E-state index in [0.29, 0.717) is 18.8 Å². The van der Waals surface area contributed by atoms with Crippen molar-refractivity contribution >= 4 is 35.8 Å². The van der Waals surface area contributed by atoms with Crippen LogP contribution in [0.1, 0.15) is 21.7 Å². The highest BCUT2D eigenvalue weighted by Crippen LogP contribution is 2.10. The Morgan fingerprint density at radius 3 is 2.37 bits per heavy atom. The monoisotopic (exact) mass is 482 g/mol. The number of nitrogens with one attached hydrogen (secondary N) is 1. The highest BCUT2D eigenvalue weighted by atomic mass is 127. The highest BCUT2D eigenvalue weighted by Gasteiger charge is 2.24. The first-order chi connectivity index (χ1) is 12.7. The Hall–Kier alpha value is -2.03. The van der Waals surface area contributed by atoms with Gasteiger partial charge in [0.25, 0.3) is 5.91 Å². The molecule has 1 amide bonds. The van der Waals surface area contributed by atoms with E-state index in [1.807, 2.05) is 4.90 Å². The Balaban J connectivity index is 0.00000261. The lowest BCUT2D eigenvalue weighted by atomic mass is 10.1. The fraction of sp³-hybridized carbons (Fsp3) is 0.400. The second-order valence-corrected chi connectivity index (χ2v) is 6.47. The molecule has 1 N–H and O–H groups in total. The third-order valence-electron chi connectivity index (χ3n) is 4.63. The Labute approximate surface area is 177 Å². The predicted molar refractivity (Wildman–Crippen MR) is 118 cm³/mol. The maximum Gasteiger partial charge on any atom is 0.289 e. The number of hydrogen-bond donors (Lipinski definition) is 1. The van der Waals surface area contributed by atoms with Gasteiger partial charge in [-0.15, -0.1) is 24.0 Å². The summed E-state index contributed by atoms with van der Waals surface area (Å²) in [5.41, 5.74) is 2.59. The van der Waals surface area contributed by atoms with E-state index in [1.165, 1.54) is 17.4 Å². The van der Waals surface area contributed by atoms with Gasteiger partial charge in [-0.05, 0) is 31.0 Å². The molecule has 146 valence electrons. The fourth-order valence-electron chi connectivity index (χ4n) is 3.08. The molecule has 1 aromatic heterocycles. The number of amides is 1. The van der Waals surface area contributed by atoms with Crippen molar-refractivity contribution < 1.29 is 9.21 Å². The number of piperazine rings is 1. The summed E-state index contributed by atoms with van der Waals surface area (Å²) >= 11 is 0. The average Bonchev–Trinajstić information content (AvgIpc) is 3.21. The van der Waals surface area contributed by atoms with Crippen LogP contribution in [0.5, 0.6) is 0 Å². The van der Waals surface area contributed by atoms with E-state index >= 15 is 0 Å². The molecule has 1 saturated heterocycles. The summed E-state index contributed by atoms with van der Waals surface area (Å²) in [6.45, 7) is 5.78. The molecule has 2 heterocycles. The lowest BCUT2D eigenvalue weighted by Gasteiger charge is -2.36. The van der Waals surface area contributed by atoms with Crippen LogP contribution in [0.15, 0.2) is 52.1 Å². The molecule has 2 aromatic rings. The molecule has 6 nitrogen and oxygen atoms in total. The van der Waals surface area contributed by atoms with E-state index < -0.39 is 0 Å². The zero-order chi connectivity index (χ0) is 18.4. The van der Waals surface area contributed by atoms with Gasteiger partial charge in [-0.2, -0.15) is 0 Å². The van der Waals surface area contributed by atoms with Gasteiger partial charge in [0.05, 0.1) is 6.26 Å². The standard InChI is InChI=1S/C20H26N4O2.HI/c1-16-5-7-17(8-6-16)9-10-22-20(21-2)24-13-11-23(12-14-24)19(25)18-4-3-15-26-18;/h3-8,15H,9-14H2,1-2H3,(H,21,22);1H. The molecule has 0 radical (unpaired) electrons. The molecule has 1 aliphatic heterocycles. The number of aryl methyl sites for hydroxylation is 1. The van der Waals surface area contributed by atoms with Crippen molar-refractivity contribution in [2.45, 2.75) is 13.3 Å². The molecule has 0 bridgehead atoms. The van der Waals surface area contributed by atoms with E-state index in [0.717, 1.165) is 32.0 Å². The molecule has 1 fully saturated rings. The maximum absolute atomic E-state index is 12.3. The zero-order valence-corrected chi connectivity index (χ0v) is 18.2. The molecule has 0 spiro atoms. The SMILES string of the molecule is CN=C(NCCc1ccc(C)cc1)N1CCN(C(=O)c2ccco2)CC1.I. The van der Waals surface area contributed by atoms with Crippen LogP contribution < -0.4 is 5.32 Å². The number of halogens is 1. The highest BCUT2D eigenvalue weighted by molar-refractivity contribution is 14.0. The molecule has 7 heteroatoms. The van der Waals surface area contributed by atoms with Crippen LogP contribution in [-0.2, 0) is 6.42 Å². The van der Waals surface area contributed by atoms with Crippen LogP contribution in [-0.4, -0.2) is 61.4 Å². The largest absolute Gasteiger partial charge is 0.459 e. The van der Waals surface area contributed by atoms with Crippen molar-refractivity contribution in [1.82, 2.24) is 15.1 Å². The maximum atomic E-state index is 12.3. The van der Waals surface area contributed by atoms with Crippen molar-refractivity contribution in [2.75, 3.05) is 39.8 Å². The molecular weight excluding hydrogens is 455 g/mol. The van der Waals surface area contributed by atoms with Crippen LogP contribution in [0.2, 0.25) is 0 Å². The molecule has 0 saturated carbocycles. The van der Waals surface area contributed by atoms with E-state index in [2.05, 4.69) is 46.4 Å². The third kappa shape index (κ3) is 5.72. The number of hydrogen-bond acceptors (Lipinski definition) is 3. The van der Waals surface area contributed by atoms with Crippen LogP contribution in [0.4, 0.5) is 0 Å². The number of furan rings is 1. The Morgan fingerprint density at radius 1 is 1.11 bits per heavy atom. The summed E-state index contributed by atoms with van der Waals surface area (Å²) in [5, 5.41) is 3.43. The quantitative estimate of drug-likeness (QED) is 0.414. The normalized spacial score (nSPS) is 14.7. The first kappa shape index (κ1) is 21.3. The lowest BCUT2D eigenvalue weighted by molar-refractivity contribution is 0.0658. The van der Waals surface area contributed by atoms with Crippen molar-refractivity contribution in [2.24, 2.45) is 4.99 Å². The molecule has 0 atom stereocenters. The number of aliphatic imine (C=N–C) groups is 1. The molecular formula is C20H27IN4O2. The number of carbonyl (C=O) groups is 1. The Bertz CT molecular complexity index is 736. The van der Waals surface area contributed by atoms with Gasteiger partial charge in [-0.3, -0.25) is 9.79 Å². The summed E-state index contributed by atoms with van der Waals surface area (Å²) in [4.78, 5) is 20.7. The van der Waals surface area contributed by atoms with E-state index in [1.54, 1.807) is 19.2 Å². The van der Waals surface area contributed by atoms with E-state index in [9.17, 15) is 4.79 Å². The second-order valence-electron chi connectivity index (χ2n) is 6.47. The van der Waals surface area contributed by atoms with Gasteiger partial charge in [0.15, 0.2) is 11.7 Å². The average molecular weight is 482 g/mol. The predicted octanol–water partition coefficient (Wildman–Crippen LogP) is 2.78. The van der Waals surface area contributed by atoms with Gasteiger partial charge in [0.2, 0.25) is 0 Å². The first-order valence-corrected chi connectivity index (χ1v) is 9.01. The second kappa shape index (κ2) is 10.3. The summed E-state index contributed by atoms with van der Waals surface area (Å²) in [6, 6.07) is 12.1. The van der Waals surface area contributed by atoms with Crippen molar-refractivity contribution in [3.8, 4) is 0 Å². The summed E-state index contributed by atoms with van der Waals surface area (Å²) < 4.78 is 5.21. The van der Waals surface area contributed by atoms with Gasteiger partial charge >= 0.3 is 0 Å². The molecule has 1 aromatic carbocycles. The van der Waals surface area contributed by atoms with Crippen molar-refractivity contribution in [3.05, 3.63) is 59.5 Å². The van der Waals surface area contributed by atoms with Gasteiger partial charge in [0, 0.05) is 39.8 Å². The number of benzene rings is 1. The smallest absolute Gasteiger partial charge is 0.289 e. The van der Waals surface area contributed by atoms with Crippen LogP contribution in [0.25, 0.3) is 0 Å². The first-order valence-electron chi connectivity index (χ1n) is 9.01. The number of nitrogens with zero attached hydrogens (tertiary/aromatic N) is 3. The third-order valence-corrected chi connectivity index (χ3v) is 4.63. The molecule has 0 unspecified atom stereocenters. The number of carbonyl (C=O) groups excluding carboxylic acids is 1. The summed E-state index contributed by atoms with van der Waals surface area (Å²) in [6.07, 6.45) is 2.49. The summed E-state index contributed by atoms with van der Waals surface area (Å²) in [7, 11) is 1.80. The van der Waals surface area contributed by atoms with Gasteiger partial charge in [0.1, 0.15) is 0 Å². The van der Waals surface area contributed by atoms with Gasteiger partial charge in [-0.25, -0.2) is 0 Å². The van der Waals surface area contributed by atoms with E-state index in [-0.39, 0.29) is 29.9 Å². The van der Waals surface area contributed by atoms with Gasteiger partial charge < -0.3 is 19.5 Å². The zero-order valence-electron chi connectivity index (χ0n) is 15.9. The van der Waals surface area contributed by atoms with Crippen LogP contribution >= 0.6 is 24.0 Å². The Kier molecular flexibility index (Phi) is 8.15. The molecule has 3 rings (SSSR count). The molecule has 0 aliphatic carbocycles.